The molecule has 0 saturated carbocycles. The highest BCUT2D eigenvalue weighted by Gasteiger charge is 2.31. The molecule has 0 saturated heterocycles. The van der Waals surface area contributed by atoms with Crippen LogP contribution in [-0.2, 0) is 17.8 Å². The number of carbonyl (C=O) groups is 2. The molecule has 9 heteroatoms. The molecule has 2 N–H and O–H groups in total. The zero-order chi connectivity index (χ0) is 23.0. The number of carbonyl (C=O) groups excluding carboxylic acids is 2. The van der Waals surface area contributed by atoms with Gasteiger partial charge in [0.2, 0.25) is 0 Å². The Morgan fingerprint density at radius 1 is 1.31 bits per heavy atom. The number of aromatic hydroxyl groups is 1. The van der Waals surface area contributed by atoms with Crippen molar-refractivity contribution >= 4 is 22.7 Å². The molecule has 32 heavy (non-hydrogen) atoms. The Labute approximate surface area is 182 Å². The molecule has 166 valence electrons. The molecule has 3 heterocycles. The summed E-state index contributed by atoms with van der Waals surface area (Å²) >= 11 is 0. The Kier molecular flexibility index (Phi) is 5.65. The molecular formula is C23H22FN3O5. The van der Waals surface area contributed by atoms with Gasteiger partial charge in [0, 0.05) is 31.6 Å². The van der Waals surface area contributed by atoms with E-state index in [0.717, 1.165) is 5.56 Å². The first-order valence-electron chi connectivity index (χ1n) is 10.2. The number of amides is 1. The molecule has 0 bridgehead atoms. The average molecular weight is 439 g/mol. The van der Waals surface area contributed by atoms with E-state index in [1.54, 1.807) is 12.1 Å². The Hall–Kier alpha value is -3.75. The lowest BCUT2D eigenvalue weighted by Crippen LogP contribution is -2.38. The Morgan fingerprint density at radius 2 is 2.03 bits per heavy atom. The topological polar surface area (TPSA) is 111 Å². The molecule has 1 aromatic carbocycles. The number of pyridine rings is 2. The molecule has 3 aromatic rings. The highest BCUT2D eigenvalue weighted by atomic mass is 19.1. The Balaban J connectivity index is 1.90. The SMILES string of the molecule is CNC(=O)c1c(O)c2ncc(Cc3ccc(F)cc3)c3c2n(c1=O)C[C@@H](CCC(C)=O)O3. The maximum atomic E-state index is 13.3. The number of benzene rings is 1. The normalized spacial score (nSPS) is 14.8. The van der Waals surface area contributed by atoms with E-state index in [9.17, 15) is 23.9 Å². The van der Waals surface area contributed by atoms with Gasteiger partial charge in [-0.2, -0.15) is 0 Å². The highest BCUT2D eigenvalue weighted by molar-refractivity contribution is 6.02. The van der Waals surface area contributed by atoms with Gasteiger partial charge in [-0.3, -0.25) is 19.1 Å². The van der Waals surface area contributed by atoms with Crippen LogP contribution in [0.2, 0.25) is 0 Å². The second-order valence-electron chi connectivity index (χ2n) is 7.81. The molecule has 0 radical (unpaired) electrons. The van der Waals surface area contributed by atoms with Crippen LogP contribution in [0.3, 0.4) is 0 Å². The van der Waals surface area contributed by atoms with Crippen LogP contribution in [-0.4, -0.2) is 39.5 Å². The average Bonchev–Trinajstić information content (AvgIpc) is 2.78. The van der Waals surface area contributed by atoms with Crippen LogP contribution >= 0.6 is 0 Å². The van der Waals surface area contributed by atoms with E-state index in [1.807, 2.05) is 0 Å². The fraction of sp³-hybridized carbons (Fsp3) is 0.304. The number of nitrogens with zero attached hydrogens (tertiary/aromatic N) is 2. The summed E-state index contributed by atoms with van der Waals surface area (Å²) in [5.41, 5.74) is 0.754. The zero-order valence-electron chi connectivity index (χ0n) is 17.6. The van der Waals surface area contributed by atoms with E-state index in [-0.39, 0.29) is 30.1 Å². The third kappa shape index (κ3) is 3.81. The highest BCUT2D eigenvalue weighted by Crippen LogP contribution is 2.38. The standard InChI is InChI=1S/C23H22FN3O5/c1-12(28)3-8-16-11-27-19-18(20(29)17(23(27)31)22(30)25-2)26-10-14(21(19)32-16)9-13-4-6-15(24)7-5-13/h4-7,10,16,29H,3,8-9,11H2,1-2H3,(H,25,30)/t16-/m1/s1. The van der Waals surface area contributed by atoms with Crippen molar-refractivity contribution in [2.45, 2.75) is 38.8 Å². The molecule has 1 atom stereocenters. The van der Waals surface area contributed by atoms with Gasteiger partial charge in [-0.15, -0.1) is 0 Å². The molecule has 0 aliphatic carbocycles. The summed E-state index contributed by atoms with van der Waals surface area (Å²) in [6.45, 7) is 1.59. The van der Waals surface area contributed by atoms with Crippen LogP contribution in [0.25, 0.3) is 11.0 Å². The molecular weight excluding hydrogens is 417 g/mol. The minimum absolute atomic E-state index is 0.00471. The van der Waals surface area contributed by atoms with Gasteiger partial charge in [0.25, 0.3) is 11.5 Å². The van der Waals surface area contributed by atoms with Gasteiger partial charge in [-0.05, 0) is 31.0 Å². The van der Waals surface area contributed by atoms with Crippen molar-refractivity contribution in [3.05, 3.63) is 63.3 Å². The lowest BCUT2D eigenvalue weighted by molar-refractivity contribution is -0.117. The quantitative estimate of drug-likeness (QED) is 0.610. The lowest BCUT2D eigenvalue weighted by atomic mass is 10.0. The summed E-state index contributed by atoms with van der Waals surface area (Å²) in [6.07, 6.45) is 2.04. The van der Waals surface area contributed by atoms with Crippen molar-refractivity contribution < 1.29 is 23.8 Å². The van der Waals surface area contributed by atoms with Crippen molar-refractivity contribution in [3.8, 4) is 11.5 Å². The van der Waals surface area contributed by atoms with Gasteiger partial charge >= 0.3 is 0 Å². The second-order valence-corrected chi connectivity index (χ2v) is 7.81. The first kappa shape index (κ1) is 21.5. The number of rotatable bonds is 6. The van der Waals surface area contributed by atoms with Gasteiger partial charge in [0.15, 0.2) is 11.5 Å². The van der Waals surface area contributed by atoms with Gasteiger partial charge in [0.1, 0.15) is 34.3 Å². The Morgan fingerprint density at radius 3 is 2.69 bits per heavy atom. The van der Waals surface area contributed by atoms with Crippen molar-refractivity contribution in [3.63, 3.8) is 0 Å². The first-order valence-corrected chi connectivity index (χ1v) is 10.2. The number of hydrogen-bond donors (Lipinski definition) is 2. The van der Waals surface area contributed by atoms with E-state index in [1.165, 1.54) is 36.9 Å². The van der Waals surface area contributed by atoms with Crippen LogP contribution in [0.4, 0.5) is 4.39 Å². The maximum absolute atomic E-state index is 13.3. The summed E-state index contributed by atoms with van der Waals surface area (Å²) in [4.78, 5) is 41.3. The van der Waals surface area contributed by atoms with Crippen molar-refractivity contribution in [1.29, 1.82) is 0 Å². The summed E-state index contributed by atoms with van der Waals surface area (Å²) in [7, 11) is 1.37. The van der Waals surface area contributed by atoms with Crippen LogP contribution in [0.5, 0.6) is 11.5 Å². The maximum Gasteiger partial charge on any atom is 0.268 e. The predicted molar refractivity (Wildman–Crippen MR) is 115 cm³/mol. The molecule has 2 aromatic heterocycles. The van der Waals surface area contributed by atoms with Crippen LogP contribution in [0.15, 0.2) is 35.3 Å². The van der Waals surface area contributed by atoms with Crippen LogP contribution in [0.1, 0.15) is 41.3 Å². The number of hydrogen-bond acceptors (Lipinski definition) is 6. The van der Waals surface area contributed by atoms with Gasteiger partial charge in [-0.25, -0.2) is 4.39 Å². The smallest absolute Gasteiger partial charge is 0.268 e. The minimum Gasteiger partial charge on any atom is -0.505 e. The molecule has 0 spiro atoms. The van der Waals surface area contributed by atoms with Gasteiger partial charge in [-0.1, -0.05) is 12.1 Å². The summed E-state index contributed by atoms with van der Waals surface area (Å²) in [5, 5.41) is 13.0. The fourth-order valence-electron chi connectivity index (χ4n) is 3.91. The summed E-state index contributed by atoms with van der Waals surface area (Å²) < 4.78 is 20.9. The third-order valence-electron chi connectivity index (χ3n) is 5.52. The molecule has 4 rings (SSSR count). The second kappa shape index (κ2) is 8.41. The molecule has 0 unspecified atom stereocenters. The first-order chi connectivity index (χ1) is 15.3. The van der Waals surface area contributed by atoms with Crippen molar-refractivity contribution in [2.24, 2.45) is 0 Å². The number of Topliss-reactive ketones (excluding diaryl/α,β-unsaturated/α-hetero) is 1. The van der Waals surface area contributed by atoms with Crippen LogP contribution < -0.4 is 15.6 Å². The van der Waals surface area contributed by atoms with Crippen molar-refractivity contribution in [1.82, 2.24) is 14.9 Å². The van der Waals surface area contributed by atoms with Crippen LogP contribution in [0, 0.1) is 5.82 Å². The minimum atomic E-state index is -0.719. The number of aromatic nitrogens is 2. The number of nitrogens with one attached hydrogen (secondary N) is 1. The number of ketones is 1. The lowest BCUT2D eigenvalue weighted by Gasteiger charge is -2.29. The number of ether oxygens (including phenoxy) is 1. The molecule has 1 amide bonds. The monoisotopic (exact) mass is 439 g/mol. The van der Waals surface area contributed by atoms with Gasteiger partial charge < -0.3 is 20.0 Å². The van der Waals surface area contributed by atoms with E-state index < -0.39 is 28.9 Å². The largest absolute Gasteiger partial charge is 0.505 e. The van der Waals surface area contributed by atoms with Crippen molar-refractivity contribution in [2.75, 3.05) is 7.05 Å². The zero-order valence-corrected chi connectivity index (χ0v) is 17.6. The summed E-state index contributed by atoms with van der Waals surface area (Å²) in [5.74, 6) is -1.23. The van der Waals surface area contributed by atoms with E-state index in [2.05, 4.69) is 10.3 Å². The third-order valence-corrected chi connectivity index (χ3v) is 5.52. The molecule has 0 fully saturated rings. The number of halogens is 1. The Bertz CT molecular complexity index is 1280. The van der Waals surface area contributed by atoms with Gasteiger partial charge in [0.05, 0.1) is 6.54 Å². The fourth-order valence-corrected chi connectivity index (χ4v) is 3.91. The van der Waals surface area contributed by atoms with E-state index in [4.69, 9.17) is 4.74 Å². The molecule has 1 aliphatic rings. The molecule has 8 nitrogen and oxygen atoms in total. The van der Waals surface area contributed by atoms with E-state index in [0.29, 0.717) is 29.7 Å². The summed E-state index contributed by atoms with van der Waals surface area (Å²) in [6, 6.07) is 5.98. The predicted octanol–water partition coefficient (Wildman–Crippen LogP) is 2.32. The molecule has 1 aliphatic heterocycles. The van der Waals surface area contributed by atoms with E-state index >= 15 is 0 Å².